The summed E-state index contributed by atoms with van der Waals surface area (Å²) in [6, 6.07) is -1.23. The first-order valence-electron chi connectivity index (χ1n) is 31.4. The van der Waals surface area contributed by atoms with Gasteiger partial charge in [0.05, 0.1) is 74.8 Å². The number of Topliss-reactive ketones (excluding diaryl/α,β-unsaturated/α-hetero) is 2. The second-order valence-electron chi connectivity index (χ2n) is 24.0. The standard InChI is InChI=1S/C55H110N17O14P3/c1-41-31-68(10)34-44(84-41)37-81-87(78,40-60-4)71-32-42(2)85-45(35-71)38-83-89(80,67(8)9)72-33-43(3)86-46(36-72)39-82-88(79,66(6)7)70-29-27-69(28-30-70)53(77)23-26-62-51(75)20-14-12-11-13-19-49(73)48(18-16-25-64-55(58)59)65-52(76)22-21-50(74)47(61-5)17-15-24-63-54(56)57/h41-48,60-61H,11-40H2,1-10H3,(H,62,75)(H,65,76)(H4,56,57,63)(H4,58,59,64). The Hall–Kier alpha value is -3.58. The third kappa shape index (κ3) is 26.7. The van der Waals surface area contributed by atoms with Crippen molar-refractivity contribution in [1.82, 2.24) is 54.4 Å². The molecule has 0 spiro atoms. The van der Waals surface area contributed by atoms with Gasteiger partial charge in [-0.2, -0.15) is 0 Å². The van der Waals surface area contributed by atoms with Crippen molar-refractivity contribution in [2.75, 3.05) is 161 Å². The number of ketones is 2. The number of hydrogen-bond donors (Lipinski definition) is 8. The number of amides is 3. The second-order valence-corrected chi connectivity index (χ2v) is 31.6. The Morgan fingerprint density at radius 1 is 0.573 bits per heavy atom. The van der Waals surface area contributed by atoms with E-state index in [0.717, 1.165) is 6.54 Å². The Morgan fingerprint density at radius 2 is 1.07 bits per heavy atom. The number of rotatable bonds is 41. The molecule has 31 nitrogen and oxygen atoms in total. The van der Waals surface area contributed by atoms with Crippen molar-refractivity contribution in [3.05, 3.63) is 0 Å². The lowest BCUT2D eigenvalue weighted by Crippen LogP contribution is -2.51. The molecule has 0 aromatic rings. The van der Waals surface area contributed by atoms with Gasteiger partial charge in [0.15, 0.2) is 17.7 Å². The molecule has 4 aliphatic rings. The van der Waals surface area contributed by atoms with E-state index in [9.17, 15) is 37.7 Å². The van der Waals surface area contributed by atoms with Crippen LogP contribution in [-0.4, -0.2) is 284 Å². The van der Waals surface area contributed by atoms with Crippen molar-refractivity contribution in [3.63, 3.8) is 0 Å². The molecule has 0 aliphatic carbocycles. The summed E-state index contributed by atoms with van der Waals surface area (Å²) in [6.07, 6.45) is 2.88. The molecule has 4 rings (SSSR count). The van der Waals surface area contributed by atoms with Crippen LogP contribution in [0.2, 0.25) is 0 Å². The fraction of sp³-hybridized carbons (Fsp3) is 0.873. The van der Waals surface area contributed by atoms with Crippen LogP contribution >= 0.6 is 22.9 Å². The first kappa shape index (κ1) is 77.9. The molecule has 11 atom stereocenters. The van der Waals surface area contributed by atoms with Crippen LogP contribution in [0.3, 0.4) is 0 Å². The van der Waals surface area contributed by atoms with Crippen molar-refractivity contribution in [3.8, 4) is 0 Å². The van der Waals surface area contributed by atoms with Gasteiger partial charge in [0.25, 0.3) is 7.52 Å². The topological polar surface area (TPSA) is 392 Å². The number of likely N-dealkylation sites (N-methyl/N-ethyl adjacent to an activating group) is 2. The zero-order chi connectivity index (χ0) is 65.9. The lowest BCUT2D eigenvalue weighted by Gasteiger charge is -2.44. The Labute approximate surface area is 528 Å². The monoisotopic (exact) mass is 1330 g/mol. The van der Waals surface area contributed by atoms with E-state index < -0.39 is 53.1 Å². The van der Waals surface area contributed by atoms with Crippen LogP contribution in [-0.2, 0) is 65.4 Å². The number of hydrogen-bond acceptors (Lipinski definition) is 19. The van der Waals surface area contributed by atoms with E-state index >= 15 is 0 Å². The van der Waals surface area contributed by atoms with Gasteiger partial charge in [0.1, 0.15) is 5.78 Å². The average molecular weight is 1330 g/mol. The number of carbonyl (C=O) groups excluding carboxylic acids is 5. The molecule has 4 fully saturated rings. The summed E-state index contributed by atoms with van der Waals surface area (Å²) in [6.45, 7) is 10.3. The molecule has 0 bridgehead atoms. The minimum absolute atomic E-state index is 0.00280. The molecular formula is C55H110N17O14P3. The number of ether oxygens (including phenoxy) is 3. The van der Waals surface area contributed by atoms with Gasteiger partial charge in [-0.05, 0) is 109 Å². The number of carbonyl (C=O) groups is 5. The minimum Gasteiger partial charge on any atom is -0.370 e. The molecule has 0 saturated carbocycles. The predicted molar refractivity (Wildman–Crippen MR) is 343 cm³/mol. The molecule has 0 radical (unpaired) electrons. The number of nitrogens with zero attached hydrogens (tertiary/aromatic N) is 9. The molecule has 4 heterocycles. The van der Waals surface area contributed by atoms with Crippen molar-refractivity contribution in [2.45, 2.75) is 153 Å². The first-order chi connectivity index (χ1) is 42.1. The predicted octanol–water partition coefficient (Wildman–Crippen LogP) is 0.733. The molecule has 11 unspecified atom stereocenters. The van der Waals surface area contributed by atoms with E-state index in [-0.39, 0.29) is 164 Å². The number of unbranched alkanes of at least 4 members (excludes halogenated alkanes) is 3. The van der Waals surface area contributed by atoms with Crippen LogP contribution in [0.25, 0.3) is 0 Å². The van der Waals surface area contributed by atoms with E-state index in [0.29, 0.717) is 84.1 Å². The van der Waals surface area contributed by atoms with Crippen LogP contribution in [0.4, 0.5) is 0 Å². The van der Waals surface area contributed by atoms with Gasteiger partial charge in [0, 0.05) is 117 Å². The Morgan fingerprint density at radius 3 is 1.61 bits per heavy atom. The van der Waals surface area contributed by atoms with Gasteiger partial charge in [-0.1, -0.05) is 12.8 Å². The van der Waals surface area contributed by atoms with Gasteiger partial charge in [-0.25, -0.2) is 23.4 Å². The Bertz CT molecular complexity index is 2410. The van der Waals surface area contributed by atoms with Crippen LogP contribution in [0.1, 0.15) is 104 Å². The summed E-state index contributed by atoms with van der Waals surface area (Å²) in [7, 11) is 1.43. The summed E-state index contributed by atoms with van der Waals surface area (Å²) in [5.41, 5.74) is 21.7. The van der Waals surface area contributed by atoms with Crippen LogP contribution in [0, 0.1) is 0 Å². The van der Waals surface area contributed by atoms with Gasteiger partial charge in [-0.15, -0.1) is 0 Å². The highest BCUT2D eigenvalue weighted by Crippen LogP contribution is 2.56. The Balaban J connectivity index is 1.18. The smallest absolute Gasteiger partial charge is 0.345 e. The van der Waals surface area contributed by atoms with E-state index in [2.05, 4.69) is 36.2 Å². The number of nitrogens with one attached hydrogen (secondary N) is 4. The highest BCUT2D eigenvalue weighted by Gasteiger charge is 2.45. The van der Waals surface area contributed by atoms with Crippen molar-refractivity contribution in [1.29, 1.82) is 0 Å². The highest BCUT2D eigenvalue weighted by molar-refractivity contribution is 7.56. The molecule has 34 heteroatoms. The van der Waals surface area contributed by atoms with E-state index in [1.165, 1.54) is 0 Å². The van der Waals surface area contributed by atoms with Crippen molar-refractivity contribution < 1.29 is 65.4 Å². The molecule has 0 aromatic heterocycles. The average Bonchev–Trinajstić information content (AvgIpc) is 2.09. The lowest BCUT2D eigenvalue weighted by molar-refractivity contribution is -0.132. The van der Waals surface area contributed by atoms with E-state index in [1.807, 2.05) is 32.5 Å². The van der Waals surface area contributed by atoms with Gasteiger partial charge in [0.2, 0.25) is 17.7 Å². The number of nitrogens with two attached hydrogens (primary N) is 4. The summed E-state index contributed by atoms with van der Waals surface area (Å²) >= 11 is 0. The third-order valence-corrected chi connectivity index (χ3v) is 23.4. The van der Waals surface area contributed by atoms with E-state index in [4.69, 9.17) is 50.7 Å². The normalized spacial score (nSPS) is 24.4. The summed E-state index contributed by atoms with van der Waals surface area (Å²) in [4.78, 5) is 77.0. The largest absolute Gasteiger partial charge is 0.370 e. The Kier molecular flexibility index (Phi) is 34.3. The molecular weight excluding hydrogens is 1220 g/mol. The minimum atomic E-state index is -3.71. The highest BCUT2D eigenvalue weighted by atomic mass is 31.2. The fourth-order valence-corrected chi connectivity index (χ4v) is 17.5. The van der Waals surface area contributed by atoms with Crippen LogP contribution < -0.4 is 44.2 Å². The number of piperazine rings is 1. The molecule has 89 heavy (non-hydrogen) atoms. The molecule has 12 N–H and O–H groups in total. The van der Waals surface area contributed by atoms with Crippen LogP contribution in [0.15, 0.2) is 9.98 Å². The molecule has 3 amide bonds. The summed E-state index contributed by atoms with van der Waals surface area (Å²) in [5, 5.41) is 11.7. The van der Waals surface area contributed by atoms with E-state index in [1.54, 1.807) is 65.9 Å². The third-order valence-electron chi connectivity index (χ3n) is 15.8. The van der Waals surface area contributed by atoms with Gasteiger partial charge in [-0.3, -0.25) is 47.7 Å². The number of morpholine rings is 3. The maximum Gasteiger partial charge on any atom is 0.345 e. The number of aliphatic imine (C=N–C) groups is 2. The molecule has 0 aromatic carbocycles. The molecule has 514 valence electrons. The maximum atomic E-state index is 15.0. The SMILES string of the molecule is CNCP(=O)(OCC1CN(C)CC(C)O1)N1CC(C)OC(COP(=O)(N(C)C)N2CC(C)OC(COP(=O)(N(C)C)N3CCN(C(=O)CCNC(=O)CCCCCCC(=O)C(CCCN=C(N)N)NC(=O)CCC(=O)C(CCCN=C(N)N)NC)CC3)C2)C1. The first-order valence-corrected chi connectivity index (χ1v) is 36.2. The fourth-order valence-electron chi connectivity index (χ4n) is 11.3. The zero-order valence-electron chi connectivity index (χ0n) is 54.7. The van der Waals surface area contributed by atoms with Gasteiger partial charge >= 0.3 is 15.3 Å². The van der Waals surface area contributed by atoms with Crippen LogP contribution in [0.5, 0.6) is 0 Å². The van der Waals surface area contributed by atoms with Crippen molar-refractivity contribution >= 4 is 64.1 Å². The number of guanidine groups is 2. The summed E-state index contributed by atoms with van der Waals surface area (Å²) < 4.78 is 90.2. The molecule has 4 saturated heterocycles. The van der Waals surface area contributed by atoms with Gasteiger partial charge < -0.3 is 81.8 Å². The second kappa shape index (κ2) is 39.2. The van der Waals surface area contributed by atoms with Crippen molar-refractivity contribution in [2.24, 2.45) is 32.9 Å². The maximum absolute atomic E-state index is 15.0. The zero-order valence-corrected chi connectivity index (χ0v) is 57.4. The summed E-state index contributed by atoms with van der Waals surface area (Å²) in [5.74, 6) is -1.10. The quantitative estimate of drug-likeness (QED) is 0.0181. The lowest BCUT2D eigenvalue weighted by atomic mass is 9.99. The molecule has 4 aliphatic heterocycles.